The van der Waals surface area contributed by atoms with Crippen molar-refractivity contribution in [1.29, 1.82) is 10.5 Å². The first-order chi connectivity index (χ1) is 16.4. The van der Waals surface area contributed by atoms with E-state index in [1.807, 2.05) is 12.1 Å². The molecule has 34 heavy (non-hydrogen) atoms. The van der Waals surface area contributed by atoms with Gasteiger partial charge in [-0.25, -0.2) is 9.78 Å². The molecule has 9 nitrogen and oxygen atoms in total. The second-order valence-electron chi connectivity index (χ2n) is 8.12. The van der Waals surface area contributed by atoms with E-state index in [-0.39, 0.29) is 41.8 Å². The second-order valence-corrected chi connectivity index (χ2v) is 8.12. The van der Waals surface area contributed by atoms with E-state index in [2.05, 4.69) is 0 Å². The summed E-state index contributed by atoms with van der Waals surface area (Å²) in [6.45, 7) is 1.56. The number of hydrogen-bond donors (Lipinski definition) is 1. The maximum absolute atomic E-state index is 13.4. The average Bonchev–Trinajstić information content (AvgIpc) is 3.23. The van der Waals surface area contributed by atoms with Gasteiger partial charge in [-0.2, -0.15) is 10.5 Å². The molecule has 1 aromatic carbocycles. The van der Waals surface area contributed by atoms with Crippen LogP contribution in [0.1, 0.15) is 35.6 Å². The van der Waals surface area contributed by atoms with Crippen molar-refractivity contribution in [2.75, 3.05) is 7.11 Å². The molecular weight excluding hydrogens is 436 g/mol. The highest BCUT2D eigenvalue weighted by molar-refractivity contribution is 5.95. The van der Waals surface area contributed by atoms with Crippen molar-refractivity contribution in [2.24, 2.45) is 0 Å². The molecule has 3 aromatic rings. The van der Waals surface area contributed by atoms with E-state index in [9.17, 15) is 25.2 Å². The van der Waals surface area contributed by atoms with Gasteiger partial charge < -0.3 is 19.1 Å². The van der Waals surface area contributed by atoms with E-state index in [1.54, 1.807) is 31.2 Å². The molecule has 9 heteroatoms. The summed E-state index contributed by atoms with van der Waals surface area (Å²) in [6.07, 6.45) is 1.52. The van der Waals surface area contributed by atoms with Crippen LogP contribution in [0.5, 0.6) is 5.75 Å². The van der Waals surface area contributed by atoms with E-state index in [0.717, 1.165) is 0 Å². The van der Waals surface area contributed by atoms with Crippen LogP contribution in [-0.2, 0) is 28.3 Å². The number of benzene rings is 1. The Morgan fingerprint density at radius 2 is 2.06 bits per heavy atom. The Morgan fingerprint density at radius 1 is 1.29 bits per heavy atom. The van der Waals surface area contributed by atoms with Crippen LogP contribution >= 0.6 is 0 Å². The maximum Gasteiger partial charge on any atom is 0.343 e. The van der Waals surface area contributed by atoms with Gasteiger partial charge >= 0.3 is 5.97 Å². The fourth-order valence-corrected chi connectivity index (χ4v) is 4.61. The second kappa shape index (κ2) is 7.55. The van der Waals surface area contributed by atoms with Crippen LogP contribution in [-0.4, -0.2) is 27.7 Å². The van der Waals surface area contributed by atoms with Gasteiger partial charge in [0.1, 0.15) is 30.1 Å². The fourth-order valence-electron chi connectivity index (χ4n) is 4.61. The number of pyridine rings is 2. The van der Waals surface area contributed by atoms with Crippen molar-refractivity contribution in [3.8, 4) is 29.3 Å². The lowest BCUT2D eigenvalue weighted by molar-refractivity contribution is -0.172. The van der Waals surface area contributed by atoms with Gasteiger partial charge in [0.05, 0.1) is 36.1 Å². The van der Waals surface area contributed by atoms with Gasteiger partial charge in [-0.3, -0.25) is 4.79 Å². The topological polar surface area (TPSA) is 138 Å². The number of esters is 1. The molecule has 0 spiro atoms. The van der Waals surface area contributed by atoms with Crippen molar-refractivity contribution in [2.45, 2.75) is 32.1 Å². The van der Waals surface area contributed by atoms with Gasteiger partial charge in [0.15, 0.2) is 5.60 Å². The standard InChI is InChI=1S/C25H18N4O5/c1-3-25(32)19-8-21-22-17(11-29(21)23(30)18(19)12-34-24(25)31)15(6-13(9-26)10-27)16-7-14(33-2)4-5-20(16)28-22/h4-8,32H,3,11-12H2,1-2H3/t25-/m0/s1. The fraction of sp³-hybridized carbons (Fsp3) is 0.240. The molecule has 2 aliphatic heterocycles. The zero-order valence-corrected chi connectivity index (χ0v) is 18.4. The van der Waals surface area contributed by atoms with Crippen LogP contribution < -0.4 is 10.3 Å². The summed E-state index contributed by atoms with van der Waals surface area (Å²) in [5.74, 6) is -0.217. The third-order valence-corrected chi connectivity index (χ3v) is 6.47. The minimum absolute atomic E-state index is 0.0429. The minimum Gasteiger partial charge on any atom is -0.497 e. The number of nitriles is 2. The van der Waals surface area contributed by atoms with Crippen LogP contribution in [0.25, 0.3) is 28.4 Å². The zero-order chi connectivity index (χ0) is 24.2. The summed E-state index contributed by atoms with van der Waals surface area (Å²) in [5.41, 5.74) is 0.766. The van der Waals surface area contributed by atoms with Gasteiger partial charge in [-0.05, 0) is 42.3 Å². The summed E-state index contributed by atoms with van der Waals surface area (Å²) in [6, 6.07) is 10.6. The first kappa shape index (κ1) is 21.4. The lowest BCUT2D eigenvalue weighted by Crippen LogP contribution is -2.44. The van der Waals surface area contributed by atoms with Crippen LogP contribution in [0, 0.1) is 22.7 Å². The van der Waals surface area contributed by atoms with Crippen molar-refractivity contribution in [3.63, 3.8) is 0 Å². The van der Waals surface area contributed by atoms with E-state index in [4.69, 9.17) is 14.5 Å². The summed E-state index contributed by atoms with van der Waals surface area (Å²) < 4.78 is 12.0. The molecule has 168 valence electrons. The Kier molecular flexibility index (Phi) is 4.75. The third-order valence-electron chi connectivity index (χ3n) is 6.47. The molecule has 0 aliphatic carbocycles. The van der Waals surface area contributed by atoms with E-state index in [1.165, 1.54) is 17.8 Å². The van der Waals surface area contributed by atoms with Gasteiger partial charge in [0.2, 0.25) is 0 Å². The number of cyclic esters (lactones) is 1. The molecule has 2 aliphatic rings. The van der Waals surface area contributed by atoms with Crippen molar-refractivity contribution in [1.82, 2.24) is 9.55 Å². The Hall–Kier alpha value is -4.47. The number of hydrogen-bond acceptors (Lipinski definition) is 8. The van der Waals surface area contributed by atoms with E-state index >= 15 is 0 Å². The number of methoxy groups -OCH3 is 1. The van der Waals surface area contributed by atoms with Crippen molar-refractivity contribution >= 4 is 22.9 Å². The summed E-state index contributed by atoms with van der Waals surface area (Å²) in [7, 11) is 1.53. The van der Waals surface area contributed by atoms with Crippen LogP contribution in [0.3, 0.4) is 0 Å². The van der Waals surface area contributed by atoms with Gasteiger partial charge in [0, 0.05) is 16.5 Å². The Bertz CT molecular complexity index is 1570. The number of allylic oxidation sites excluding steroid dienone is 1. The number of carbonyl (C=O) groups excluding carboxylic acids is 1. The first-order valence-corrected chi connectivity index (χ1v) is 10.6. The third kappa shape index (κ3) is 2.84. The molecule has 4 heterocycles. The molecule has 5 rings (SSSR count). The number of rotatable bonds is 3. The minimum atomic E-state index is -1.92. The molecule has 1 N–H and O–H groups in total. The Labute approximate surface area is 193 Å². The summed E-state index contributed by atoms with van der Waals surface area (Å²) in [4.78, 5) is 30.5. The lowest BCUT2D eigenvalue weighted by Gasteiger charge is -2.31. The SMILES string of the molecule is CC[C@@]1(O)C(=O)OCc2c1cc1n(c2=O)Cc2c-1nc1ccc(OC)cc1c2C=C(C#N)C#N. The van der Waals surface area contributed by atoms with E-state index < -0.39 is 11.6 Å². The highest BCUT2D eigenvalue weighted by Gasteiger charge is 2.45. The summed E-state index contributed by atoms with van der Waals surface area (Å²) in [5, 5.41) is 30.4. The monoisotopic (exact) mass is 454 g/mol. The molecule has 0 unspecified atom stereocenters. The average molecular weight is 454 g/mol. The predicted octanol–water partition coefficient (Wildman–Crippen LogP) is 2.52. The van der Waals surface area contributed by atoms with E-state index in [0.29, 0.717) is 39.2 Å². The molecule has 0 radical (unpaired) electrons. The number of ether oxygens (including phenoxy) is 2. The van der Waals surface area contributed by atoms with Crippen LogP contribution in [0.4, 0.5) is 0 Å². The number of nitrogens with zero attached hydrogens (tertiary/aromatic N) is 4. The Balaban J connectivity index is 1.86. The molecule has 0 saturated heterocycles. The van der Waals surface area contributed by atoms with Crippen LogP contribution in [0.2, 0.25) is 0 Å². The highest BCUT2D eigenvalue weighted by atomic mass is 16.6. The number of aliphatic hydroxyl groups is 1. The van der Waals surface area contributed by atoms with Crippen molar-refractivity contribution in [3.05, 3.63) is 62.4 Å². The Morgan fingerprint density at radius 3 is 2.74 bits per heavy atom. The quantitative estimate of drug-likeness (QED) is 0.368. The molecule has 2 aromatic heterocycles. The molecule has 0 amide bonds. The van der Waals surface area contributed by atoms with Crippen LogP contribution in [0.15, 0.2) is 34.6 Å². The molecule has 0 saturated carbocycles. The van der Waals surface area contributed by atoms with Gasteiger partial charge in [-0.1, -0.05) is 6.92 Å². The maximum atomic E-state index is 13.4. The van der Waals surface area contributed by atoms with Gasteiger partial charge in [-0.15, -0.1) is 0 Å². The molecule has 0 bridgehead atoms. The number of carbonyl (C=O) groups is 1. The first-order valence-electron chi connectivity index (χ1n) is 10.6. The predicted molar refractivity (Wildman–Crippen MR) is 120 cm³/mol. The summed E-state index contributed by atoms with van der Waals surface area (Å²) >= 11 is 0. The smallest absolute Gasteiger partial charge is 0.343 e. The zero-order valence-electron chi connectivity index (χ0n) is 18.4. The molecule has 0 fully saturated rings. The number of fused-ring (bicyclic) bond motifs is 5. The number of aromatic nitrogens is 2. The highest BCUT2D eigenvalue weighted by Crippen LogP contribution is 2.41. The van der Waals surface area contributed by atoms with Gasteiger partial charge in [0.25, 0.3) is 5.56 Å². The molecular formula is C25H18N4O5. The lowest BCUT2D eigenvalue weighted by atomic mass is 9.86. The largest absolute Gasteiger partial charge is 0.497 e. The normalized spacial score (nSPS) is 17.6. The molecule has 1 atom stereocenters. The van der Waals surface area contributed by atoms with Crippen molar-refractivity contribution < 1.29 is 19.4 Å².